The highest BCUT2D eigenvalue weighted by atomic mass is 19.4. The number of aromatic nitrogens is 1. The van der Waals surface area contributed by atoms with Crippen molar-refractivity contribution >= 4 is 5.97 Å². The molecule has 0 aromatic carbocycles. The van der Waals surface area contributed by atoms with Crippen molar-refractivity contribution in [2.45, 2.75) is 12.8 Å². The SMILES string of the molecule is COc1nc(C(F)F)c(OC(F)(F)F)cc1C(=O)O. The number of hydrogen-bond acceptors (Lipinski definition) is 4. The first kappa shape index (κ1) is 14.9. The molecule has 0 radical (unpaired) electrons. The fraction of sp³-hybridized carbons (Fsp3) is 0.333. The molecule has 1 heterocycles. The van der Waals surface area contributed by atoms with Crippen LogP contribution in [0.3, 0.4) is 0 Å². The average molecular weight is 287 g/mol. The van der Waals surface area contributed by atoms with E-state index in [1.54, 1.807) is 0 Å². The highest BCUT2D eigenvalue weighted by Crippen LogP contribution is 2.35. The van der Waals surface area contributed by atoms with Crippen molar-refractivity contribution in [2.75, 3.05) is 7.11 Å². The molecule has 19 heavy (non-hydrogen) atoms. The molecule has 0 aliphatic carbocycles. The summed E-state index contributed by atoms with van der Waals surface area (Å²) in [5.41, 5.74) is -2.19. The van der Waals surface area contributed by atoms with Gasteiger partial charge in [0, 0.05) is 6.07 Å². The van der Waals surface area contributed by atoms with E-state index < -0.39 is 41.6 Å². The number of ether oxygens (including phenoxy) is 2. The normalized spacial score (nSPS) is 11.5. The number of halogens is 5. The van der Waals surface area contributed by atoms with Crippen molar-refractivity contribution in [3.05, 3.63) is 17.3 Å². The number of hydrogen-bond donors (Lipinski definition) is 1. The summed E-state index contributed by atoms with van der Waals surface area (Å²) in [6.45, 7) is 0. The smallest absolute Gasteiger partial charge is 0.480 e. The lowest BCUT2D eigenvalue weighted by atomic mass is 10.2. The lowest BCUT2D eigenvalue weighted by Crippen LogP contribution is -2.19. The third-order valence-corrected chi connectivity index (χ3v) is 1.84. The Balaban J connectivity index is 3.41. The molecule has 106 valence electrons. The van der Waals surface area contributed by atoms with Crippen LogP contribution < -0.4 is 9.47 Å². The molecular weight excluding hydrogens is 281 g/mol. The van der Waals surface area contributed by atoms with Crippen molar-refractivity contribution in [3.63, 3.8) is 0 Å². The van der Waals surface area contributed by atoms with E-state index in [0.29, 0.717) is 0 Å². The third-order valence-electron chi connectivity index (χ3n) is 1.84. The third kappa shape index (κ3) is 3.66. The summed E-state index contributed by atoms with van der Waals surface area (Å²) >= 11 is 0. The molecule has 0 amide bonds. The van der Waals surface area contributed by atoms with Crippen LogP contribution in [0, 0.1) is 0 Å². The summed E-state index contributed by atoms with van der Waals surface area (Å²) in [7, 11) is 0.939. The Morgan fingerprint density at radius 3 is 2.37 bits per heavy atom. The van der Waals surface area contributed by atoms with Crippen molar-refractivity contribution in [1.82, 2.24) is 4.98 Å². The van der Waals surface area contributed by atoms with Crippen molar-refractivity contribution in [2.24, 2.45) is 0 Å². The molecule has 0 atom stereocenters. The van der Waals surface area contributed by atoms with Crippen LogP contribution in [-0.4, -0.2) is 29.5 Å². The minimum absolute atomic E-state index is 0.281. The van der Waals surface area contributed by atoms with Crippen LogP contribution in [0.2, 0.25) is 0 Å². The summed E-state index contributed by atoms with van der Waals surface area (Å²) in [4.78, 5) is 13.8. The molecule has 0 aliphatic rings. The minimum Gasteiger partial charge on any atom is -0.480 e. The predicted octanol–water partition coefficient (Wildman–Crippen LogP) is 2.62. The molecule has 5 nitrogen and oxygen atoms in total. The maximum Gasteiger partial charge on any atom is 0.573 e. The number of aromatic carboxylic acids is 1. The first-order chi connectivity index (χ1) is 8.65. The highest BCUT2D eigenvalue weighted by Gasteiger charge is 2.35. The Morgan fingerprint density at radius 2 is 2.00 bits per heavy atom. The maximum atomic E-state index is 12.5. The van der Waals surface area contributed by atoms with E-state index in [1.165, 1.54) is 0 Å². The summed E-state index contributed by atoms with van der Waals surface area (Å²) in [5.74, 6) is -3.82. The number of carbonyl (C=O) groups is 1. The average Bonchev–Trinajstić information content (AvgIpc) is 2.25. The molecular formula is C9H6F5NO4. The number of methoxy groups -OCH3 is 1. The number of pyridine rings is 1. The van der Waals surface area contributed by atoms with Gasteiger partial charge in [0.05, 0.1) is 7.11 Å². The molecule has 0 saturated carbocycles. The van der Waals surface area contributed by atoms with Crippen molar-refractivity contribution < 1.29 is 41.3 Å². The van der Waals surface area contributed by atoms with E-state index in [1.807, 2.05) is 0 Å². The first-order valence-corrected chi connectivity index (χ1v) is 4.51. The van der Waals surface area contributed by atoms with Crippen LogP contribution in [-0.2, 0) is 0 Å². The quantitative estimate of drug-likeness (QED) is 0.862. The van der Waals surface area contributed by atoms with Crippen LogP contribution in [0.5, 0.6) is 11.6 Å². The van der Waals surface area contributed by atoms with E-state index in [4.69, 9.17) is 5.11 Å². The minimum atomic E-state index is -5.25. The molecule has 10 heteroatoms. The first-order valence-electron chi connectivity index (χ1n) is 4.51. The number of carboxylic acid groups (broad SMARTS) is 1. The van der Waals surface area contributed by atoms with Gasteiger partial charge in [-0.3, -0.25) is 0 Å². The Hall–Kier alpha value is -2.13. The summed E-state index contributed by atoms with van der Waals surface area (Å²) < 4.78 is 68.9. The second-order valence-electron chi connectivity index (χ2n) is 3.08. The molecule has 1 N–H and O–H groups in total. The number of alkyl halides is 5. The van der Waals surface area contributed by atoms with Crippen LogP contribution >= 0.6 is 0 Å². The van der Waals surface area contributed by atoms with Crippen LogP contribution in [0.4, 0.5) is 22.0 Å². The molecule has 1 aromatic heterocycles. The zero-order valence-corrected chi connectivity index (χ0v) is 9.16. The summed E-state index contributed by atoms with van der Waals surface area (Å²) in [6.07, 6.45) is -8.65. The van der Waals surface area contributed by atoms with E-state index in [2.05, 4.69) is 14.5 Å². The monoisotopic (exact) mass is 287 g/mol. The van der Waals surface area contributed by atoms with Gasteiger partial charge in [0.25, 0.3) is 6.43 Å². The summed E-state index contributed by atoms with van der Waals surface area (Å²) in [5, 5.41) is 8.70. The molecule has 0 unspecified atom stereocenters. The van der Waals surface area contributed by atoms with Gasteiger partial charge in [-0.2, -0.15) is 0 Å². The van der Waals surface area contributed by atoms with Gasteiger partial charge in [0.2, 0.25) is 5.88 Å². The second-order valence-corrected chi connectivity index (χ2v) is 3.08. The number of carboxylic acids is 1. The van der Waals surface area contributed by atoms with E-state index in [-0.39, 0.29) is 6.07 Å². The van der Waals surface area contributed by atoms with Crippen molar-refractivity contribution in [1.29, 1.82) is 0 Å². The van der Waals surface area contributed by atoms with Gasteiger partial charge in [-0.25, -0.2) is 18.6 Å². The van der Waals surface area contributed by atoms with Crippen LogP contribution in [0.1, 0.15) is 22.5 Å². The zero-order chi connectivity index (χ0) is 14.8. The van der Waals surface area contributed by atoms with Gasteiger partial charge in [-0.1, -0.05) is 0 Å². The van der Waals surface area contributed by atoms with Gasteiger partial charge in [-0.05, 0) is 0 Å². The number of rotatable bonds is 4. The van der Waals surface area contributed by atoms with Crippen LogP contribution in [0.15, 0.2) is 6.07 Å². The zero-order valence-electron chi connectivity index (χ0n) is 9.16. The van der Waals surface area contributed by atoms with Gasteiger partial charge < -0.3 is 14.6 Å². The Labute approximate surface area is 102 Å². The molecule has 0 bridgehead atoms. The Morgan fingerprint density at radius 1 is 1.42 bits per heavy atom. The molecule has 0 saturated heterocycles. The standard InChI is InChI=1S/C9H6F5NO4/c1-18-7-3(8(16)17)2-4(19-9(12,13)14)5(15-7)6(10)11/h2,6H,1H3,(H,16,17). The Kier molecular flexibility index (Phi) is 4.12. The number of nitrogens with zero attached hydrogens (tertiary/aromatic N) is 1. The van der Waals surface area contributed by atoms with Gasteiger partial charge >= 0.3 is 12.3 Å². The topological polar surface area (TPSA) is 68.7 Å². The molecule has 0 fully saturated rings. The fourth-order valence-electron chi connectivity index (χ4n) is 1.16. The van der Waals surface area contributed by atoms with Crippen LogP contribution in [0.25, 0.3) is 0 Å². The predicted molar refractivity (Wildman–Crippen MR) is 49.4 cm³/mol. The maximum absolute atomic E-state index is 12.5. The van der Waals surface area contributed by atoms with E-state index >= 15 is 0 Å². The van der Waals surface area contributed by atoms with Crippen molar-refractivity contribution in [3.8, 4) is 11.6 Å². The second kappa shape index (κ2) is 5.24. The molecule has 0 spiro atoms. The molecule has 1 rings (SSSR count). The van der Waals surface area contributed by atoms with Gasteiger partial charge in [0.1, 0.15) is 5.56 Å². The molecule has 0 aliphatic heterocycles. The lowest BCUT2D eigenvalue weighted by Gasteiger charge is -2.14. The van der Waals surface area contributed by atoms with Gasteiger partial charge in [0.15, 0.2) is 11.4 Å². The van der Waals surface area contributed by atoms with E-state index in [0.717, 1.165) is 7.11 Å². The van der Waals surface area contributed by atoms with E-state index in [9.17, 15) is 26.7 Å². The van der Waals surface area contributed by atoms with Gasteiger partial charge in [-0.15, -0.1) is 13.2 Å². The largest absolute Gasteiger partial charge is 0.573 e. The summed E-state index contributed by atoms with van der Waals surface area (Å²) in [6, 6.07) is 0.281. The lowest BCUT2D eigenvalue weighted by molar-refractivity contribution is -0.275. The highest BCUT2D eigenvalue weighted by molar-refractivity contribution is 5.90. The fourth-order valence-corrected chi connectivity index (χ4v) is 1.16. The molecule has 1 aromatic rings. The Bertz CT molecular complexity index is 488.